The summed E-state index contributed by atoms with van der Waals surface area (Å²) in [6.45, 7) is 0.690. The smallest absolute Gasteiger partial charge is 0.256 e. The highest BCUT2D eigenvalue weighted by molar-refractivity contribution is 6.35. The molecule has 1 aromatic carbocycles. The molecule has 128 valence electrons. The van der Waals surface area contributed by atoms with Crippen LogP contribution in [0.4, 0.5) is 5.69 Å². The van der Waals surface area contributed by atoms with Crippen LogP contribution in [-0.4, -0.2) is 47.0 Å². The first-order valence-corrected chi connectivity index (χ1v) is 8.32. The van der Waals surface area contributed by atoms with Crippen LogP contribution in [-0.2, 0) is 17.6 Å². The largest absolute Gasteiger partial charge is 0.396 e. The Morgan fingerprint density at radius 2 is 2.16 bits per heavy atom. The molecule has 3 N–H and O–H groups in total. The lowest BCUT2D eigenvalue weighted by molar-refractivity contribution is -0.110. The first-order chi connectivity index (χ1) is 12.1. The first kappa shape index (κ1) is 15.7. The minimum Gasteiger partial charge on any atom is -0.396 e. The van der Waals surface area contributed by atoms with Gasteiger partial charge in [-0.15, -0.1) is 0 Å². The summed E-state index contributed by atoms with van der Waals surface area (Å²) in [6.07, 6.45) is 4.78. The van der Waals surface area contributed by atoms with Crippen LogP contribution in [0.15, 0.2) is 24.4 Å². The minimum atomic E-state index is -0.164. The molecule has 6 nitrogen and oxygen atoms in total. The second kappa shape index (κ2) is 5.89. The van der Waals surface area contributed by atoms with Crippen LogP contribution in [0, 0.1) is 0 Å². The number of rotatable bonds is 3. The van der Waals surface area contributed by atoms with Gasteiger partial charge in [-0.3, -0.25) is 9.59 Å². The number of fused-ring (bicyclic) bond motifs is 2. The highest BCUT2D eigenvalue weighted by atomic mass is 16.3. The molecule has 2 aromatic rings. The number of amides is 2. The highest BCUT2D eigenvalue weighted by Crippen LogP contribution is 2.36. The van der Waals surface area contributed by atoms with E-state index >= 15 is 0 Å². The molecule has 2 aliphatic heterocycles. The van der Waals surface area contributed by atoms with Gasteiger partial charge in [0.05, 0.1) is 11.1 Å². The monoisotopic (exact) mass is 337 g/mol. The number of aromatic nitrogens is 1. The molecule has 0 atom stereocenters. The SMILES string of the molecule is CN1CCc2c(c[nH]c2/C=C2\C(=O)Nc3cccc(CCO)c32)C1=O. The predicted molar refractivity (Wildman–Crippen MR) is 95.2 cm³/mol. The lowest BCUT2D eigenvalue weighted by Crippen LogP contribution is -2.33. The van der Waals surface area contributed by atoms with E-state index in [1.807, 2.05) is 24.3 Å². The Bertz CT molecular complexity index is 911. The number of aliphatic hydroxyl groups excluding tert-OH is 1. The maximum atomic E-state index is 12.5. The quantitative estimate of drug-likeness (QED) is 0.745. The number of nitrogens with one attached hydrogen (secondary N) is 2. The van der Waals surface area contributed by atoms with Crippen molar-refractivity contribution in [3.63, 3.8) is 0 Å². The zero-order valence-electron chi connectivity index (χ0n) is 13.9. The average molecular weight is 337 g/mol. The van der Waals surface area contributed by atoms with E-state index in [4.69, 9.17) is 0 Å². The number of benzene rings is 1. The molecule has 2 aliphatic rings. The highest BCUT2D eigenvalue weighted by Gasteiger charge is 2.29. The lowest BCUT2D eigenvalue weighted by Gasteiger charge is -2.22. The fourth-order valence-corrected chi connectivity index (χ4v) is 3.58. The van der Waals surface area contributed by atoms with Crippen molar-refractivity contribution in [3.05, 3.63) is 52.3 Å². The Hall–Kier alpha value is -2.86. The number of hydrogen-bond donors (Lipinski definition) is 3. The van der Waals surface area contributed by atoms with Crippen LogP contribution in [0.5, 0.6) is 0 Å². The van der Waals surface area contributed by atoms with Gasteiger partial charge in [0.2, 0.25) is 0 Å². The third kappa shape index (κ3) is 2.46. The number of likely N-dealkylation sites (N-methyl/N-ethyl adjacent to an activating group) is 1. The molecule has 0 bridgehead atoms. The summed E-state index contributed by atoms with van der Waals surface area (Å²) in [4.78, 5) is 29.6. The van der Waals surface area contributed by atoms with Crippen molar-refractivity contribution in [2.75, 3.05) is 25.5 Å². The number of H-pyrrole nitrogens is 1. The minimum absolute atomic E-state index is 0.000562. The van der Waals surface area contributed by atoms with Crippen LogP contribution >= 0.6 is 0 Å². The Labute approximate surface area is 145 Å². The maximum Gasteiger partial charge on any atom is 0.256 e. The van der Waals surface area contributed by atoms with E-state index in [2.05, 4.69) is 10.3 Å². The normalized spacial score (nSPS) is 17.7. The predicted octanol–water partition coefficient (Wildman–Crippen LogP) is 1.67. The van der Waals surface area contributed by atoms with Crippen molar-refractivity contribution in [2.24, 2.45) is 0 Å². The zero-order valence-corrected chi connectivity index (χ0v) is 13.9. The third-order valence-corrected chi connectivity index (χ3v) is 4.88. The summed E-state index contributed by atoms with van der Waals surface area (Å²) in [7, 11) is 1.79. The van der Waals surface area contributed by atoms with Gasteiger partial charge in [0.15, 0.2) is 0 Å². The number of hydrogen-bond acceptors (Lipinski definition) is 3. The van der Waals surface area contributed by atoms with Crippen LogP contribution in [0.25, 0.3) is 11.6 Å². The van der Waals surface area contributed by atoms with Gasteiger partial charge in [-0.2, -0.15) is 0 Å². The van der Waals surface area contributed by atoms with Crippen LogP contribution in [0.2, 0.25) is 0 Å². The number of aliphatic hydroxyl groups is 1. The Kier molecular flexibility index (Phi) is 3.69. The van der Waals surface area contributed by atoms with Crippen molar-refractivity contribution in [1.29, 1.82) is 0 Å². The molecule has 2 amide bonds. The zero-order chi connectivity index (χ0) is 17.6. The molecule has 4 rings (SSSR count). The van der Waals surface area contributed by atoms with Crippen LogP contribution in [0.3, 0.4) is 0 Å². The topological polar surface area (TPSA) is 85.4 Å². The fraction of sp³-hybridized carbons (Fsp3) is 0.263. The van der Waals surface area contributed by atoms with Gasteiger partial charge >= 0.3 is 0 Å². The third-order valence-electron chi connectivity index (χ3n) is 4.88. The first-order valence-electron chi connectivity index (χ1n) is 8.32. The van der Waals surface area contributed by atoms with Crippen LogP contribution < -0.4 is 5.32 Å². The number of carbonyl (C=O) groups excluding carboxylic acids is 2. The van der Waals surface area contributed by atoms with E-state index < -0.39 is 0 Å². The van der Waals surface area contributed by atoms with E-state index in [9.17, 15) is 14.7 Å². The number of anilines is 1. The maximum absolute atomic E-state index is 12.5. The van der Waals surface area contributed by atoms with Crippen molar-refractivity contribution < 1.29 is 14.7 Å². The number of carbonyl (C=O) groups is 2. The summed E-state index contributed by atoms with van der Waals surface area (Å²) >= 11 is 0. The van der Waals surface area contributed by atoms with Crippen molar-refractivity contribution in [1.82, 2.24) is 9.88 Å². The summed E-state index contributed by atoms with van der Waals surface area (Å²) in [5, 5.41) is 12.2. The average Bonchev–Trinajstić information content (AvgIpc) is 3.14. The van der Waals surface area contributed by atoms with Gasteiger partial charge < -0.3 is 20.3 Å². The lowest BCUT2D eigenvalue weighted by atomic mass is 9.96. The fourth-order valence-electron chi connectivity index (χ4n) is 3.58. The van der Waals surface area contributed by atoms with Gasteiger partial charge in [0.1, 0.15) is 0 Å². The van der Waals surface area contributed by atoms with Gasteiger partial charge in [-0.05, 0) is 36.1 Å². The number of aromatic amines is 1. The second-order valence-corrected chi connectivity index (χ2v) is 6.40. The van der Waals surface area contributed by atoms with Gasteiger partial charge in [-0.1, -0.05) is 12.1 Å². The molecule has 25 heavy (non-hydrogen) atoms. The molecule has 1 aromatic heterocycles. The van der Waals surface area contributed by atoms with E-state index in [1.54, 1.807) is 18.1 Å². The summed E-state index contributed by atoms with van der Waals surface area (Å²) in [5.41, 5.74) is 5.52. The second-order valence-electron chi connectivity index (χ2n) is 6.40. The van der Waals surface area contributed by atoms with E-state index in [0.717, 1.165) is 34.5 Å². The van der Waals surface area contributed by atoms with E-state index in [0.29, 0.717) is 24.1 Å². The molecular formula is C19H19N3O3. The molecule has 0 fully saturated rings. The summed E-state index contributed by atoms with van der Waals surface area (Å²) < 4.78 is 0. The Morgan fingerprint density at radius 1 is 1.32 bits per heavy atom. The van der Waals surface area contributed by atoms with E-state index in [-0.39, 0.29) is 18.4 Å². The number of nitrogens with zero attached hydrogens (tertiary/aromatic N) is 1. The molecule has 0 aliphatic carbocycles. The molecule has 6 heteroatoms. The van der Waals surface area contributed by atoms with Gasteiger partial charge in [-0.25, -0.2) is 0 Å². The standard InChI is InChI=1S/C19H19N3O3/c1-22-7-5-12-14(19(22)25)10-20-16(12)9-13-17-11(6-8-23)3-2-4-15(17)21-18(13)24/h2-4,9-10,20,23H,5-8H2,1H3,(H,21,24)/b13-9-. The Balaban J connectivity index is 1.81. The van der Waals surface area contributed by atoms with Gasteiger partial charge in [0, 0.05) is 43.3 Å². The molecular weight excluding hydrogens is 318 g/mol. The van der Waals surface area contributed by atoms with Crippen LogP contribution in [0.1, 0.15) is 32.7 Å². The molecule has 0 spiro atoms. The van der Waals surface area contributed by atoms with Crippen molar-refractivity contribution >= 4 is 29.2 Å². The molecule has 0 saturated heterocycles. The molecule has 0 radical (unpaired) electrons. The Morgan fingerprint density at radius 3 is 2.96 bits per heavy atom. The molecule has 3 heterocycles. The van der Waals surface area contributed by atoms with Crippen molar-refractivity contribution in [3.8, 4) is 0 Å². The van der Waals surface area contributed by atoms with E-state index in [1.165, 1.54) is 0 Å². The summed E-state index contributed by atoms with van der Waals surface area (Å²) in [5.74, 6) is -0.164. The molecule has 0 saturated carbocycles. The summed E-state index contributed by atoms with van der Waals surface area (Å²) in [6, 6.07) is 5.65. The van der Waals surface area contributed by atoms with Crippen molar-refractivity contribution in [2.45, 2.75) is 12.8 Å². The van der Waals surface area contributed by atoms with Gasteiger partial charge in [0.25, 0.3) is 11.8 Å². The molecule has 0 unspecified atom stereocenters.